The van der Waals surface area contributed by atoms with Crippen molar-refractivity contribution in [3.8, 4) is 5.75 Å². The molecule has 130 valence electrons. The quantitative estimate of drug-likeness (QED) is 0.722. The van der Waals surface area contributed by atoms with Crippen LogP contribution in [-0.4, -0.2) is 25.9 Å². The van der Waals surface area contributed by atoms with Crippen LogP contribution < -0.4 is 4.74 Å². The maximum absolute atomic E-state index is 12.9. The molecule has 7 heteroatoms. The van der Waals surface area contributed by atoms with E-state index in [0.29, 0.717) is 6.42 Å². The summed E-state index contributed by atoms with van der Waals surface area (Å²) in [5, 5.41) is 0. The highest BCUT2D eigenvalue weighted by molar-refractivity contribution is 7.89. The van der Waals surface area contributed by atoms with Crippen LogP contribution in [0.1, 0.15) is 18.9 Å². The number of para-hydroxylation sites is 1. The van der Waals surface area contributed by atoms with E-state index in [1.807, 2.05) is 37.3 Å². The molecule has 2 aromatic rings. The summed E-state index contributed by atoms with van der Waals surface area (Å²) in [6, 6.07) is 14.6. The molecule has 0 amide bonds. The van der Waals surface area contributed by atoms with Crippen molar-refractivity contribution in [2.24, 2.45) is 0 Å². The first-order valence-electron chi connectivity index (χ1n) is 7.53. The number of hydrogen-bond acceptors (Lipinski definition) is 3. The first-order chi connectivity index (χ1) is 11.4. The first kappa shape index (κ1) is 18.4. The Morgan fingerprint density at radius 3 is 2.29 bits per heavy atom. The molecule has 0 unspecified atom stereocenters. The van der Waals surface area contributed by atoms with E-state index in [2.05, 4.69) is 4.74 Å². The van der Waals surface area contributed by atoms with E-state index in [9.17, 15) is 17.2 Å². The summed E-state index contributed by atoms with van der Waals surface area (Å²) in [5.41, 5.74) is 0.821. The van der Waals surface area contributed by atoms with Crippen molar-refractivity contribution in [3.05, 3.63) is 60.2 Å². The van der Waals surface area contributed by atoms with Gasteiger partial charge in [-0.15, -0.1) is 0 Å². The van der Waals surface area contributed by atoms with E-state index in [-0.39, 0.29) is 23.7 Å². The fraction of sp³-hybridized carbons (Fsp3) is 0.294. The van der Waals surface area contributed by atoms with Gasteiger partial charge in [-0.3, -0.25) is 0 Å². The summed E-state index contributed by atoms with van der Waals surface area (Å²) in [6.07, 6.45) is 0.601. The van der Waals surface area contributed by atoms with Crippen LogP contribution in [0.4, 0.5) is 8.78 Å². The molecule has 2 aromatic carbocycles. The second-order valence-electron chi connectivity index (χ2n) is 5.15. The van der Waals surface area contributed by atoms with Gasteiger partial charge in [-0.05, 0) is 24.1 Å². The molecular formula is C17H19F2NO3S. The summed E-state index contributed by atoms with van der Waals surface area (Å²) < 4.78 is 56.6. The molecule has 0 N–H and O–H groups in total. The molecule has 2 rings (SSSR count). The lowest BCUT2D eigenvalue weighted by Gasteiger charge is -2.23. The van der Waals surface area contributed by atoms with Crippen LogP contribution in [-0.2, 0) is 16.6 Å². The molecule has 0 aliphatic heterocycles. The van der Waals surface area contributed by atoms with Crippen molar-refractivity contribution in [1.82, 2.24) is 4.31 Å². The number of alkyl halides is 2. The van der Waals surface area contributed by atoms with E-state index in [1.54, 1.807) is 0 Å². The Kier molecular flexibility index (Phi) is 6.28. The zero-order chi connectivity index (χ0) is 17.6. The van der Waals surface area contributed by atoms with E-state index in [0.717, 1.165) is 5.56 Å². The predicted octanol–water partition coefficient (Wildman–Crippen LogP) is 3.89. The van der Waals surface area contributed by atoms with Crippen molar-refractivity contribution >= 4 is 10.0 Å². The molecule has 0 radical (unpaired) electrons. The van der Waals surface area contributed by atoms with Crippen molar-refractivity contribution in [2.75, 3.05) is 6.54 Å². The van der Waals surface area contributed by atoms with E-state index >= 15 is 0 Å². The van der Waals surface area contributed by atoms with Gasteiger partial charge in [0, 0.05) is 13.1 Å². The van der Waals surface area contributed by atoms with Gasteiger partial charge in [-0.2, -0.15) is 13.1 Å². The molecule has 0 aromatic heterocycles. The van der Waals surface area contributed by atoms with E-state index < -0.39 is 16.6 Å². The zero-order valence-corrected chi connectivity index (χ0v) is 14.0. The standard InChI is InChI=1S/C17H19F2NO3S/c1-2-12-20(13-14-8-4-3-5-9-14)24(21,22)16-11-7-6-10-15(16)23-17(18)19/h3-11,17H,2,12-13H2,1H3. The molecular weight excluding hydrogens is 336 g/mol. The van der Waals surface area contributed by atoms with Gasteiger partial charge in [0.15, 0.2) is 0 Å². The Bertz CT molecular complexity index is 751. The largest absolute Gasteiger partial charge is 0.433 e. The Hall–Kier alpha value is -1.99. The van der Waals surface area contributed by atoms with Crippen LogP contribution in [0.25, 0.3) is 0 Å². The van der Waals surface area contributed by atoms with Gasteiger partial charge in [0.1, 0.15) is 10.6 Å². The second kappa shape index (κ2) is 8.21. The molecule has 0 fully saturated rings. The summed E-state index contributed by atoms with van der Waals surface area (Å²) in [4.78, 5) is -0.255. The molecule has 0 atom stereocenters. The van der Waals surface area contributed by atoms with Crippen LogP contribution in [0.5, 0.6) is 5.75 Å². The van der Waals surface area contributed by atoms with E-state index in [4.69, 9.17) is 0 Å². The van der Waals surface area contributed by atoms with Gasteiger partial charge >= 0.3 is 6.61 Å². The minimum Gasteiger partial charge on any atom is -0.433 e. The zero-order valence-electron chi connectivity index (χ0n) is 13.2. The predicted molar refractivity (Wildman–Crippen MR) is 87.4 cm³/mol. The molecule has 0 spiro atoms. The Labute approximate surface area is 140 Å². The molecule has 0 bridgehead atoms. The third-order valence-corrected chi connectivity index (χ3v) is 5.24. The van der Waals surface area contributed by atoms with Crippen LogP contribution in [0.3, 0.4) is 0 Å². The number of ether oxygens (including phenoxy) is 1. The lowest BCUT2D eigenvalue weighted by atomic mass is 10.2. The number of nitrogens with zero attached hydrogens (tertiary/aromatic N) is 1. The van der Waals surface area contributed by atoms with Gasteiger partial charge < -0.3 is 4.74 Å². The molecule has 0 saturated heterocycles. The van der Waals surface area contributed by atoms with Crippen LogP contribution >= 0.6 is 0 Å². The monoisotopic (exact) mass is 355 g/mol. The molecule has 24 heavy (non-hydrogen) atoms. The smallest absolute Gasteiger partial charge is 0.387 e. The summed E-state index contributed by atoms with van der Waals surface area (Å²) >= 11 is 0. The Morgan fingerprint density at radius 2 is 1.67 bits per heavy atom. The topological polar surface area (TPSA) is 46.6 Å². The first-order valence-corrected chi connectivity index (χ1v) is 8.97. The summed E-state index contributed by atoms with van der Waals surface area (Å²) in [5.74, 6) is -0.346. The minimum absolute atomic E-state index is 0.167. The number of hydrogen-bond donors (Lipinski definition) is 0. The van der Waals surface area contributed by atoms with Gasteiger partial charge in [-0.25, -0.2) is 8.42 Å². The molecule has 0 aliphatic rings. The van der Waals surface area contributed by atoms with Crippen molar-refractivity contribution in [1.29, 1.82) is 0 Å². The fourth-order valence-corrected chi connectivity index (χ4v) is 3.96. The normalized spacial score (nSPS) is 11.9. The van der Waals surface area contributed by atoms with Crippen molar-refractivity contribution in [3.63, 3.8) is 0 Å². The Balaban J connectivity index is 2.38. The third kappa shape index (κ3) is 4.52. The van der Waals surface area contributed by atoms with Gasteiger partial charge in [0.05, 0.1) is 0 Å². The van der Waals surface area contributed by atoms with Crippen molar-refractivity contribution < 1.29 is 21.9 Å². The van der Waals surface area contributed by atoms with Gasteiger partial charge in [-0.1, -0.05) is 49.4 Å². The molecule has 0 saturated carbocycles. The van der Waals surface area contributed by atoms with Crippen molar-refractivity contribution in [2.45, 2.75) is 31.4 Å². The number of halogens is 2. The minimum atomic E-state index is -3.96. The number of rotatable bonds is 8. The number of sulfonamides is 1. The maximum Gasteiger partial charge on any atom is 0.387 e. The summed E-state index contributed by atoms with van der Waals surface area (Å²) in [7, 11) is -3.96. The third-order valence-electron chi connectivity index (χ3n) is 3.36. The summed E-state index contributed by atoms with van der Waals surface area (Å²) in [6.45, 7) is -0.787. The van der Waals surface area contributed by atoms with E-state index in [1.165, 1.54) is 28.6 Å². The lowest BCUT2D eigenvalue weighted by Crippen LogP contribution is -2.31. The van der Waals surface area contributed by atoms with Crippen LogP contribution in [0.15, 0.2) is 59.5 Å². The Morgan fingerprint density at radius 1 is 1.04 bits per heavy atom. The molecule has 0 heterocycles. The highest BCUT2D eigenvalue weighted by Gasteiger charge is 2.28. The van der Waals surface area contributed by atoms with Crippen LogP contribution in [0.2, 0.25) is 0 Å². The lowest BCUT2D eigenvalue weighted by molar-refractivity contribution is -0.0518. The van der Waals surface area contributed by atoms with Gasteiger partial charge in [0.25, 0.3) is 0 Å². The molecule has 4 nitrogen and oxygen atoms in total. The highest BCUT2D eigenvalue weighted by atomic mass is 32.2. The average Bonchev–Trinajstić information content (AvgIpc) is 2.55. The van der Waals surface area contributed by atoms with Gasteiger partial charge in [0.2, 0.25) is 10.0 Å². The average molecular weight is 355 g/mol. The van der Waals surface area contributed by atoms with Crippen LogP contribution in [0, 0.1) is 0 Å². The second-order valence-corrected chi connectivity index (χ2v) is 7.06. The SMILES string of the molecule is CCCN(Cc1ccccc1)S(=O)(=O)c1ccccc1OC(F)F. The fourth-order valence-electron chi connectivity index (χ4n) is 2.32. The molecule has 0 aliphatic carbocycles. The highest BCUT2D eigenvalue weighted by Crippen LogP contribution is 2.28. The maximum atomic E-state index is 12.9. The number of benzene rings is 2.